The van der Waals surface area contributed by atoms with E-state index in [2.05, 4.69) is 10.6 Å². The molecular weight excluding hydrogens is 459 g/mol. The SMILES string of the molecule is O=C(NCc1ccccc1)C(=Cc1cccc(NC(=O)C(F)(F)F)c1)C(=O)NCc1ccccc1. The van der Waals surface area contributed by atoms with Gasteiger partial charge in [-0.1, -0.05) is 72.8 Å². The number of alkyl halides is 3. The summed E-state index contributed by atoms with van der Waals surface area (Å²) in [5.41, 5.74) is 1.53. The Morgan fingerprint density at radius 2 is 1.23 bits per heavy atom. The van der Waals surface area contributed by atoms with Gasteiger partial charge in [0.2, 0.25) is 0 Å². The van der Waals surface area contributed by atoms with Crippen molar-refractivity contribution in [3.8, 4) is 0 Å². The third-order valence-electron chi connectivity index (χ3n) is 4.79. The molecule has 3 aromatic carbocycles. The van der Waals surface area contributed by atoms with E-state index in [4.69, 9.17) is 0 Å². The first-order valence-electron chi connectivity index (χ1n) is 10.6. The Labute approximate surface area is 199 Å². The Kier molecular flexibility index (Phi) is 8.39. The van der Waals surface area contributed by atoms with Crippen LogP contribution in [0.25, 0.3) is 6.08 Å². The summed E-state index contributed by atoms with van der Waals surface area (Å²) < 4.78 is 37.7. The van der Waals surface area contributed by atoms with Crippen molar-refractivity contribution in [2.24, 2.45) is 0 Å². The number of benzene rings is 3. The molecule has 0 aliphatic rings. The normalized spacial score (nSPS) is 10.7. The Morgan fingerprint density at radius 3 is 1.71 bits per heavy atom. The molecule has 0 radical (unpaired) electrons. The Balaban J connectivity index is 1.82. The predicted molar refractivity (Wildman–Crippen MR) is 126 cm³/mol. The van der Waals surface area contributed by atoms with E-state index < -0.39 is 23.9 Å². The molecule has 9 heteroatoms. The second-order valence-electron chi connectivity index (χ2n) is 7.47. The van der Waals surface area contributed by atoms with Crippen LogP contribution in [0.4, 0.5) is 18.9 Å². The van der Waals surface area contributed by atoms with Crippen LogP contribution in [0.1, 0.15) is 16.7 Å². The molecule has 0 bridgehead atoms. The molecule has 0 saturated heterocycles. The van der Waals surface area contributed by atoms with E-state index in [0.717, 1.165) is 11.1 Å². The number of nitrogens with one attached hydrogen (secondary N) is 3. The van der Waals surface area contributed by atoms with Crippen LogP contribution in [0, 0.1) is 0 Å². The van der Waals surface area contributed by atoms with Gasteiger partial charge in [-0.05, 0) is 34.9 Å². The summed E-state index contributed by atoms with van der Waals surface area (Å²) in [7, 11) is 0. The molecule has 0 spiro atoms. The van der Waals surface area contributed by atoms with Gasteiger partial charge in [0.15, 0.2) is 0 Å². The Morgan fingerprint density at radius 1 is 0.714 bits per heavy atom. The minimum atomic E-state index is -5.05. The molecule has 0 aliphatic heterocycles. The minimum Gasteiger partial charge on any atom is -0.348 e. The summed E-state index contributed by atoms with van der Waals surface area (Å²) in [6, 6.07) is 23.6. The molecule has 0 aromatic heterocycles. The van der Waals surface area contributed by atoms with Crippen LogP contribution in [-0.2, 0) is 27.5 Å². The molecule has 3 N–H and O–H groups in total. The Bertz CT molecular complexity index is 1150. The first kappa shape index (κ1) is 25.2. The quantitative estimate of drug-likeness (QED) is 0.256. The fourth-order valence-corrected chi connectivity index (χ4v) is 3.06. The number of hydrogen-bond donors (Lipinski definition) is 3. The standard InChI is InChI=1S/C26H22F3N3O3/c27-26(28,29)25(35)32-21-13-7-12-20(14-21)15-22(23(33)30-16-18-8-3-1-4-9-18)24(34)31-17-19-10-5-2-6-11-19/h1-15H,16-17H2,(H,30,33)(H,31,34)(H,32,35). The molecule has 3 aromatic rings. The molecule has 3 rings (SSSR count). The smallest absolute Gasteiger partial charge is 0.348 e. The zero-order valence-electron chi connectivity index (χ0n) is 18.4. The number of amides is 3. The van der Waals surface area contributed by atoms with Gasteiger partial charge in [0.05, 0.1) is 0 Å². The van der Waals surface area contributed by atoms with E-state index in [0.29, 0.717) is 0 Å². The van der Waals surface area contributed by atoms with Crippen LogP contribution in [0.2, 0.25) is 0 Å². The van der Waals surface area contributed by atoms with Crippen molar-refractivity contribution in [2.45, 2.75) is 19.3 Å². The largest absolute Gasteiger partial charge is 0.471 e. The van der Waals surface area contributed by atoms with Gasteiger partial charge in [-0.3, -0.25) is 14.4 Å². The van der Waals surface area contributed by atoms with Gasteiger partial charge in [0, 0.05) is 18.8 Å². The van der Waals surface area contributed by atoms with Crippen LogP contribution in [0.15, 0.2) is 90.5 Å². The van der Waals surface area contributed by atoms with Gasteiger partial charge in [-0.15, -0.1) is 0 Å². The average molecular weight is 481 g/mol. The third-order valence-corrected chi connectivity index (χ3v) is 4.79. The zero-order valence-corrected chi connectivity index (χ0v) is 18.4. The van der Waals surface area contributed by atoms with Crippen molar-refractivity contribution in [3.63, 3.8) is 0 Å². The number of carbonyl (C=O) groups is 3. The van der Waals surface area contributed by atoms with Crippen molar-refractivity contribution >= 4 is 29.5 Å². The highest BCUT2D eigenvalue weighted by molar-refractivity contribution is 6.21. The molecule has 0 saturated carbocycles. The lowest BCUT2D eigenvalue weighted by atomic mass is 10.1. The van der Waals surface area contributed by atoms with Crippen LogP contribution < -0.4 is 16.0 Å². The lowest BCUT2D eigenvalue weighted by Gasteiger charge is -2.12. The summed E-state index contributed by atoms with van der Waals surface area (Å²) in [6.45, 7) is 0.343. The van der Waals surface area contributed by atoms with Crippen LogP contribution in [0.3, 0.4) is 0 Å². The van der Waals surface area contributed by atoms with Crippen molar-refractivity contribution in [3.05, 3.63) is 107 Å². The molecule has 0 heterocycles. The van der Waals surface area contributed by atoms with E-state index in [1.54, 1.807) is 5.32 Å². The monoisotopic (exact) mass is 481 g/mol. The van der Waals surface area contributed by atoms with Crippen LogP contribution >= 0.6 is 0 Å². The lowest BCUT2D eigenvalue weighted by Crippen LogP contribution is -2.34. The fourth-order valence-electron chi connectivity index (χ4n) is 3.06. The highest BCUT2D eigenvalue weighted by Gasteiger charge is 2.38. The van der Waals surface area contributed by atoms with Crippen molar-refractivity contribution in [2.75, 3.05) is 5.32 Å². The number of anilines is 1. The second kappa shape index (κ2) is 11.6. The topological polar surface area (TPSA) is 87.3 Å². The van der Waals surface area contributed by atoms with Crippen LogP contribution in [0.5, 0.6) is 0 Å². The minimum absolute atomic E-state index is 0.130. The van der Waals surface area contributed by atoms with Gasteiger partial charge in [-0.25, -0.2) is 0 Å². The van der Waals surface area contributed by atoms with E-state index in [1.165, 1.54) is 30.3 Å². The van der Waals surface area contributed by atoms with Gasteiger partial charge >= 0.3 is 12.1 Å². The molecule has 3 amide bonds. The van der Waals surface area contributed by atoms with Crippen molar-refractivity contribution in [1.82, 2.24) is 10.6 Å². The average Bonchev–Trinajstić information content (AvgIpc) is 2.85. The van der Waals surface area contributed by atoms with Gasteiger partial charge in [0.25, 0.3) is 11.8 Å². The maximum atomic E-state index is 12.9. The molecule has 0 fully saturated rings. The summed E-state index contributed by atoms with van der Waals surface area (Å²) in [6.07, 6.45) is -3.80. The maximum Gasteiger partial charge on any atom is 0.471 e. The second-order valence-corrected chi connectivity index (χ2v) is 7.47. The van der Waals surface area contributed by atoms with Gasteiger partial charge < -0.3 is 16.0 Å². The number of carbonyl (C=O) groups excluding carboxylic acids is 3. The van der Waals surface area contributed by atoms with Gasteiger partial charge in [0.1, 0.15) is 5.57 Å². The zero-order chi connectivity index (χ0) is 25.3. The fraction of sp³-hybridized carbons (Fsp3) is 0.115. The van der Waals surface area contributed by atoms with E-state index in [-0.39, 0.29) is 29.9 Å². The summed E-state index contributed by atoms with van der Waals surface area (Å²) in [4.78, 5) is 37.1. The number of rotatable bonds is 8. The highest BCUT2D eigenvalue weighted by atomic mass is 19.4. The third kappa shape index (κ3) is 7.85. The van der Waals surface area contributed by atoms with Crippen molar-refractivity contribution in [1.29, 1.82) is 0 Å². The highest BCUT2D eigenvalue weighted by Crippen LogP contribution is 2.20. The maximum absolute atomic E-state index is 12.9. The number of hydrogen-bond acceptors (Lipinski definition) is 3. The van der Waals surface area contributed by atoms with E-state index in [1.807, 2.05) is 60.7 Å². The molecule has 0 atom stereocenters. The number of halogens is 3. The molecule has 6 nitrogen and oxygen atoms in total. The summed E-state index contributed by atoms with van der Waals surface area (Å²) in [5.74, 6) is -3.45. The summed E-state index contributed by atoms with van der Waals surface area (Å²) in [5, 5.41) is 7.11. The lowest BCUT2D eigenvalue weighted by molar-refractivity contribution is -0.167. The van der Waals surface area contributed by atoms with Crippen molar-refractivity contribution < 1.29 is 27.6 Å². The Hall–Kier alpha value is -4.40. The van der Waals surface area contributed by atoms with Gasteiger partial charge in [-0.2, -0.15) is 13.2 Å². The first-order chi connectivity index (χ1) is 16.7. The van der Waals surface area contributed by atoms with E-state index >= 15 is 0 Å². The molecule has 0 aliphatic carbocycles. The van der Waals surface area contributed by atoms with Crippen LogP contribution in [-0.4, -0.2) is 23.9 Å². The molecule has 180 valence electrons. The molecule has 0 unspecified atom stereocenters. The first-order valence-corrected chi connectivity index (χ1v) is 10.6. The van der Waals surface area contributed by atoms with E-state index in [9.17, 15) is 27.6 Å². The molecular formula is C26H22F3N3O3. The predicted octanol–water partition coefficient (Wildman–Crippen LogP) is 4.20. The summed E-state index contributed by atoms with van der Waals surface area (Å²) >= 11 is 0. The molecule has 35 heavy (non-hydrogen) atoms.